The van der Waals surface area contributed by atoms with E-state index in [0.717, 1.165) is 25.7 Å². The summed E-state index contributed by atoms with van der Waals surface area (Å²) in [4.78, 5) is 27.0. The van der Waals surface area contributed by atoms with E-state index in [9.17, 15) is 19.8 Å². The Hall–Kier alpha value is -1.30. The van der Waals surface area contributed by atoms with Gasteiger partial charge < -0.3 is 20.0 Å². The van der Waals surface area contributed by atoms with Gasteiger partial charge in [-0.15, -0.1) is 0 Å². The molecule has 0 radical (unpaired) electrons. The van der Waals surface area contributed by atoms with Crippen LogP contribution < -0.4 is 0 Å². The third-order valence-corrected chi connectivity index (χ3v) is 4.53. The Morgan fingerprint density at radius 2 is 1.75 bits per heavy atom. The van der Waals surface area contributed by atoms with E-state index in [4.69, 9.17) is 0 Å². The molecule has 6 nitrogen and oxygen atoms in total. The zero-order valence-corrected chi connectivity index (χ0v) is 12.0. The highest BCUT2D eigenvalue weighted by Gasteiger charge is 2.35. The van der Waals surface area contributed by atoms with Crippen LogP contribution in [0.1, 0.15) is 39.0 Å². The molecule has 2 aliphatic rings. The molecule has 2 atom stereocenters. The van der Waals surface area contributed by atoms with Crippen LogP contribution in [0, 0.1) is 5.92 Å². The minimum absolute atomic E-state index is 0.152. The lowest BCUT2D eigenvalue weighted by molar-refractivity contribution is -0.143. The molecule has 2 aliphatic heterocycles. The Balaban J connectivity index is 1.95. The second-order valence-electron chi connectivity index (χ2n) is 5.89. The van der Waals surface area contributed by atoms with E-state index in [1.54, 1.807) is 11.8 Å². The second kappa shape index (κ2) is 6.43. The van der Waals surface area contributed by atoms with Gasteiger partial charge in [0.2, 0.25) is 0 Å². The maximum atomic E-state index is 12.5. The van der Waals surface area contributed by atoms with Crippen LogP contribution in [0.3, 0.4) is 0 Å². The van der Waals surface area contributed by atoms with Crippen molar-refractivity contribution in [2.45, 2.75) is 51.2 Å². The van der Waals surface area contributed by atoms with E-state index in [1.807, 2.05) is 0 Å². The fourth-order valence-electron chi connectivity index (χ4n) is 3.17. The second-order valence-corrected chi connectivity index (χ2v) is 5.89. The molecule has 0 spiro atoms. The number of piperidine rings is 2. The molecular weight excluding hydrogens is 260 g/mol. The Kier molecular flexibility index (Phi) is 4.86. The molecule has 2 fully saturated rings. The zero-order chi connectivity index (χ0) is 14.7. The van der Waals surface area contributed by atoms with Crippen molar-refractivity contribution < 1.29 is 19.8 Å². The van der Waals surface area contributed by atoms with Crippen LogP contribution in [0.2, 0.25) is 0 Å². The van der Waals surface area contributed by atoms with Crippen molar-refractivity contribution >= 4 is 12.0 Å². The number of carboxylic acid groups (broad SMARTS) is 1. The number of likely N-dealkylation sites (tertiary alicyclic amines) is 2. The minimum atomic E-state index is -0.906. The number of amides is 2. The average Bonchev–Trinajstić information content (AvgIpc) is 2.46. The Morgan fingerprint density at radius 3 is 2.30 bits per heavy atom. The lowest BCUT2D eigenvalue weighted by Crippen LogP contribution is -2.54. The molecule has 2 heterocycles. The standard InChI is InChI=1S/C14H24N2O4/c1-10(17)11-5-8-15(9-6-11)14(20)16-7-3-2-4-12(16)13(18)19/h10-12,17H,2-9H2,1H3,(H,18,19). The van der Waals surface area contributed by atoms with Gasteiger partial charge in [-0.05, 0) is 44.9 Å². The van der Waals surface area contributed by atoms with Crippen molar-refractivity contribution in [2.24, 2.45) is 5.92 Å². The van der Waals surface area contributed by atoms with Crippen molar-refractivity contribution in [1.29, 1.82) is 0 Å². The summed E-state index contributed by atoms with van der Waals surface area (Å²) >= 11 is 0. The van der Waals surface area contributed by atoms with Gasteiger partial charge in [0.25, 0.3) is 0 Å². The van der Waals surface area contributed by atoms with Crippen molar-refractivity contribution in [3.8, 4) is 0 Å². The monoisotopic (exact) mass is 284 g/mol. The lowest BCUT2D eigenvalue weighted by Gasteiger charge is -2.40. The van der Waals surface area contributed by atoms with Gasteiger partial charge >= 0.3 is 12.0 Å². The van der Waals surface area contributed by atoms with Crippen molar-refractivity contribution in [1.82, 2.24) is 9.80 Å². The predicted octanol–water partition coefficient (Wildman–Crippen LogP) is 1.14. The highest BCUT2D eigenvalue weighted by atomic mass is 16.4. The topological polar surface area (TPSA) is 81.1 Å². The summed E-state index contributed by atoms with van der Waals surface area (Å²) in [6, 6.07) is -0.827. The molecule has 2 saturated heterocycles. The minimum Gasteiger partial charge on any atom is -0.480 e. The molecule has 2 rings (SSSR count). The number of carbonyl (C=O) groups is 2. The molecule has 2 unspecified atom stereocenters. The first kappa shape index (κ1) is 15.1. The van der Waals surface area contributed by atoms with Crippen LogP contribution in [-0.4, -0.2) is 63.8 Å². The zero-order valence-electron chi connectivity index (χ0n) is 12.0. The summed E-state index contributed by atoms with van der Waals surface area (Å²) in [5.41, 5.74) is 0. The largest absolute Gasteiger partial charge is 0.480 e. The lowest BCUT2D eigenvalue weighted by atomic mass is 9.92. The van der Waals surface area contributed by atoms with E-state index >= 15 is 0 Å². The quantitative estimate of drug-likeness (QED) is 0.796. The number of carbonyl (C=O) groups excluding carboxylic acids is 1. The Bertz CT molecular complexity index is 364. The highest BCUT2D eigenvalue weighted by molar-refractivity contribution is 5.83. The molecule has 0 aromatic rings. The number of hydrogen-bond acceptors (Lipinski definition) is 3. The first-order valence-corrected chi connectivity index (χ1v) is 7.47. The number of aliphatic hydroxyl groups excluding tert-OH is 1. The van der Waals surface area contributed by atoms with Gasteiger partial charge in [-0.25, -0.2) is 9.59 Å². The van der Waals surface area contributed by atoms with Gasteiger partial charge in [0.1, 0.15) is 6.04 Å². The summed E-state index contributed by atoms with van der Waals surface area (Å²) in [5.74, 6) is -0.660. The molecule has 0 bridgehead atoms. The molecule has 0 saturated carbocycles. The van der Waals surface area contributed by atoms with Gasteiger partial charge in [0.15, 0.2) is 0 Å². The number of rotatable bonds is 2. The first-order valence-electron chi connectivity index (χ1n) is 7.47. The number of carboxylic acids is 1. The van der Waals surface area contributed by atoms with Crippen LogP contribution in [0.25, 0.3) is 0 Å². The van der Waals surface area contributed by atoms with Crippen molar-refractivity contribution in [3.63, 3.8) is 0 Å². The van der Waals surface area contributed by atoms with Crippen LogP contribution in [0.5, 0.6) is 0 Å². The van der Waals surface area contributed by atoms with E-state index in [-0.39, 0.29) is 18.1 Å². The maximum Gasteiger partial charge on any atom is 0.326 e. The van der Waals surface area contributed by atoms with E-state index in [2.05, 4.69) is 0 Å². The smallest absolute Gasteiger partial charge is 0.326 e. The molecular formula is C14H24N2O4. The normalized spacial score (nSPS) is 26.4. The molecule has 0 aromatic heterocycles. The summed E-state index contributed by atoms with van der Waals surface area (Å²) in [6.45, 7) is 3.54. The third kappa shape index (κ3) is 3.23. The van der Waals surface area contributed by atoms with Gasteiger partial charge in [0.05, 0.1) is 6.10 Å². The van der Waals surface area contributed by atoms with Gasteiger partial charge in [0, 0.05) is 19.6 Å². The van der Waals surface area contributed by atoms with Crippen LogP contribution in [0.4, 0.5) is 4.79 Å². The van der Waals surface area contributed by atoms with Crippen LogP contribution in [0.15, 0.2) is 0 Å². The number of urea groups is 1. The summed E-state index contributed by atoms with van der Waals surface area (Å²) in [5, 5.41) is 18.8. The molecule has 2 amide bonds. The molecule has 20 heavy (non-hydrogen) atoms. The van der Waals surface area contributed by atoms with Crippen molar-refractivity contribution in [3.05, 3.63) is 0 Å². The van der Waals surface area contributed by atoms with Crippen LogP contribution >= 0.6 is 0 Å². The molecule has 114 valence electrons. The summed E-state index contributed by atoms with van der Waals surface area (Å²) < 4.78 is 0. The average molecular weight is 284 g/mol. The Labute approximate surface area is 119 Å². The van der Waals surface area contributed by atoms with Gasteiger partial charge in [-0.2, -0.15) is 0 Å². The Morgan fingerprint density at radius 1 is 1.10 bits per heavy atom. The number of nitrogens with zero attached hydrogens (tertiary/aromatic N) is 2. The fraction of sp³-hybridized carbons (Fsp3) is 0.857. The van der Waals surface area contributed by atoms with Gasteiger partial charge in [-0.1, -0.05) is 0 Å². The van der Waals surface area contributed by atoms with E-state index in [1.165, 1.54) is 4.90 Å². The highest BCUT2D eigenvalue weighted by Crippen LogP contribution is 2.24. The van der Waals surface area contributed by atoms with E-state index in [0.29, 0.717) is 26.1 Å². The predicted molar refractivity (Wildman–Crippen MR) is 73.4 cm³/mol. The summed E-state index contributed by atoms with van der Waals surface area (Å²) in [7, 11) is 0. The van der Waals surface area contributed by atoms with E-state index < -0.39 is 12.0 Å². The fourth-order valence-corrected chi connectivity index (χ4v) is 3.17. The number of aliphatic hydroxyl groups is 1. The molecule has 2 N–H and O–H groups in total. The molecule has 0 aliphatic carbocycles. The molecule has 6 heteroatoms. The maximum absolute atomic E-state index is 12.5. The SMILES string of the molecule is CC(O)C1CCN(C(=O)N2CCCCC2C(=O)O)CC1. The number of hydrogen-bond donors (Lipinski definition) is 2. The summed E-state index contributed by atoms with van der Waals surface area (Å²) in [6.07, 6.45) is 3.52. The van der Waals surface area contributed by atoms with Crippen LogP contribution in [-0.2, 0) is 4.79 Å². The first-order chi connectivity index (χ1) is 9.50. The van der Waals surface area contributed by atoms with Gasteiger partial charge in [-0.3, -0.25) is 0 Å². The number of aliphatic carboxylic acids is 1. The van der Waals surface area contributed by atoms with Crippen molar-refractivity contribution in [2.75, 3.05) is 19.6 Å². The molecule has 0 aromatic carbocycles. The third-order valence-electron chi connectivity index (χ3n) is 4.53.